The molecule has 2 aliphatic carbocycles. The molecule has 1 heteroatoms. The van der Waals surface area contributed by atoms with E-state index in [-0.39, 0.29) is 5.41 Å². The fourth-order valence-electron chi connectivity index (χ4n) is 2.06. The van der Waals surface area contributed by atoms with Gasteiger partial charge in [0.1, 0.15) is 0 Å². The molecular weight excluding hydrogens is 148 g/mol. The van der Waals surface area contributed by atoms with E-state index in [9.17, 15) is 4.79 Å². The first-order valence-electron chi connectivity index (χ1n) is 4.41. The van der Waals surface area contributed by atoms with Crippen LogP contribution in [0.3, 0.4) is 0 Å². The van der Waals surface area contributed by atoms with Crippen molar-refractivity contribution >= 4 is 5.78 Å². The van der Waals surface area contributed by atoms with Gasteiger partial charge in [0.25, 0.3) is 0 Å². The number of carbonyl (C=O) groups excluding carboxylic acids is 1. The van der Waals surface area contributed by atoms with E-state index in [1.54, 1.807) is 0 Å². The number of ketones is 1. The molecule has 0 aliphatic heterocycles. The van der Waals surface area contributed by atoms with E-state index >= 15 is 0 Å². The molecule has 64 valence electrons. The predicted octanol–water partition coefficient (Wildman–Crippen LogP) is 2.63. The molecule has 0 aromatic heterocycles. The number of hydrogen-bond donors (Lipinski definition) is 0. The highest BCUT2D eigenvalue weighted by atomic mass is 16.1. The quantitative estimate of drug-likeness (QED) is 0.535. The first kappa shape index (κ1) is 7.78. The van der Waals surface area contributed by atoms with Crippen LogP contribution < -0.4 is 0 Å². The van der Waals surface area contributed by atoms with Gasteiger partial charge in [-0.1, -0.05) is 19.4 Å². The lowest BCUT2D eigenvalue weighted by molar-refractivity contribution is -0.112. The molecule has 2 aliphatic rings. The van der Waals surface area contributed by atoms with Crippen molar-refractivity contribution < 1.29 is 4.79 Å². The Morgan fingerprint density at radius 2 is 1.83 bits per heavy atom. The number of rotatable bonds is 0. The highest BCUT2D eigenvalue weighted by molar-refractivity contribution is 6.15. The van der Waals surface area contributed by atoms with E-state index in [0.717, 1.165) is 17.6 Å². The van der Waals surface area contributed by atoms with Crippen LogP contribution >= 0.6 is 0 Å². The zero-order chi connectivity index (χ0) is 9.09. The third-order valence-electron chi connectivity index (χ3n) is 3.27. The molecule has 0 saturated carbocycles. The van der Waals surface area contributed by atoms with E-state index in [0.29, 0.717) is 5.78 Å². The van der Waals surface area contributed by atoms with Gasteiger partial charge in [0.05, 0.1) is 0 Å². The lowest BCUT2D eigenvalue weighted by atomic mass is 9.99. The van der Waals surface area contributed by atoms with Gasteiger partial charge in [-0.15, -0.1) is 0 Å². The van der Waals surface area contributed by atoms with Crippen molar-refractivity contribution in [2.45, 2.75) is 34.1 Å². The van der Waals surface area contributed by atoms with Crippen molar-refractivity contribution in [1.82, 2.24) is 0 Å². The largest absolute Gasteiger partial charge is 0.289 e. The molecule has 0 aromatic carbocycles. The third kappa shape index (κ3) is 0.715. The number of allylic oxidation sites excluding steroid dienone is 4. The summed E-state index contributed by atoms with van der Waals surface area (Å²) in [6.45, 7) is 8.28. The molecule has 0 spiro atoms. The van der Waals surface area contributed by atoms with Crippen molar-refractivity contribution in [3.63, 3.8) is 0 Å². The summed E-state index contributed by atoms with van der Waals surface area (Å²) in [5, 5.41) is 0. The molecular formula is C11H14O. The Morgan fingerprint density at radius 1 is 1.25 bits per heavy atom. The average Bonchev–Trinajstić information content (AvgIpc) is 2.49. The van der Waals surface area contributed by atoms with Gasteiger partial charge in [0.2, 0.25) is 0 Å². The minimum atomic E-state index is 0.121. The summed E-state index contributed by atoms with van der Waals surface area (Å²) in [6, 6.07) is 0. The molecule has 0 N–H and O–H groups in total. The number of Topliss-reactive ketones (excluding diaryl/α,β-unsaturated/α-hetero) is 1. The van der Waals surface area contributed by atoms with Gasteiger partial charge in [-0.25, -0.2) is 0 Å². The van der Waals surface area contributed by atoms with Gasteiger partial charge in [0, 0.05) is 11.0 Å². The van der Waals surface area contributed by atoms with Gasteiger partial charge in [-0.05, 0) is 31.4 Å². The average molecular weight is 162 g/mol. The second-order valence-corrected chi connectivity index (χ2v) is 4.39. The first-order chi connectivity index (χ1) is 5.46. The Kier molecular flexibility index (Phi) is 1.23. The summed E-state index contributed by atoms with van der Waals surface area (Å²) >= 11 is 0. The maximum atomic E-state index is 11.7. The lowest BCUT2D eigenvalue weighted by Crippen LogP contribution is -2.04. The third-order valence-corrected chi connectivity index (χ3v) is 3.27. The van der Waals surface area contributed by atoms with Crippen LogP contribution in [0.15, 0.2) is 22.3 Å². The summed E-state index contributed by atoms with van der Waals surface area (Å²) in [5.74, 6) is 0.291. The fraction of sp³-hybridized carbons (Fsp3) is 0.545. The molecule has 0 aromatic rings. The van der Waals surface area contributed by atoms with E-state index in [1.807, 2.05) is 6.92 Å². The van der Waals surface area contributed by atoms with E-state index in [4.69, 9.17) is 0 Å². The fourth-order valence-corrected chi connectivity index (χ4v) is 2.06. The lowest BCUT2D eigenvalue weighted by Gasteiger charge is -2.05. The highest BCUT2D eigenvalue weighted by Gasteiger charge is 2.50. The Morgan fingerprint density at radius 3 is 2.42 bits per heavy atom. The number of hydrogen-bond acceptors (Lipinski definition) is 1. The maximum absolute atomic E-state index is 11.7. The Bertz CT molecular complexity index is 340. The van der Waals surface area contributed by atoms with Crippen LogP contribution in [0.5, 0.6) is 0 Å². The van der Waals surface area contributed by atoms with Gasteiger partial charge >= 0.3 is 0 Å². The van der Waals surface area contributed by atoms with Crippen molar-refractivity contribution in [2.24, 2.45) is 5.41 Å². The van der Waals surface area contributed by atoms with Gasteiger partial charge in [-0.3, -0.25) is 4.79 Å². The predicted molar refractivity (Wildman–Crippen MR) is 48.8 cm³/mol. The zero-order valence-corrected chi connectivity index (χ0v) is 8.12. The molecule has 0 unspecified atom stereocenters. The normalized spacial score (nSPS) is 26.2. The molecule has 1 nitrogen and oxygen atoms in total. The summed E-state index contributed by atoms with van der Waals surface area (Å²) < 4.78 is 0. The molecule has 0 heterocycles. The van der Waals surface area contributed by atoms with Crippen LogP contribution in [0.1, 0.15) is 34.1 Å². The van der Waals surface area contributed by atoms with Crippen LogP contribution in [0, 0.1) is 5.41 Å². The molecule has 0 amide bonds. The smallest absolute Gasteiger partial charge is 0.185 e. The standard InChI is InChI=1S/C11H14O/c1-6-5-8-9(11(8,3)4)10(12)7(6)2/h5H2,1-4H3. The Balaban J connectivity index is 2.39. The molecule has 0 saturated heterocycles. The second kappa shape index (κ2) is 1.90. The van der Waals surface area contributed by atoms with Crippen LogP contribution in [-0.2, 0) is 4.79 Å². The summed E-state index contributed by atoms with van der Waals surface area (Å²) in [4.78, 5) is 11.7. The monoisotopic (exact) mass is 162 g/mol. The molecule has 0 radical (unpaired) electrons. The van der Waals surface area contributed by atoms with Crippen molar-refractivity contribution in [3.05, 3.63) is 22.3 Å². The van der Waals surface area contributed by atoms with Crippen LogP contribution in [0.25, 0.3) is 0 Å². The molecule has 0 fully saturated rings. The maximum Gasteiger partial charge on any atom is 0.185 e. The van der Waals surface area contributed by atoms with E-state index in [2.05, 4.69) is 20.8 Å². The van der Waals surface area contributed by atoms with Gasteiger partial charge in [-0.2, -0.15) is 0 Å². The molecule has 2 rings (SSSR count). The van der Waals surface area contributed by atoms with E-state index < -0.39 is 0 Å². The highest BCUT2D eigenvalue weighted by Crippen LogP contribution is 2.58. The SMILES string of the molecule is CC1=C(C)C(=O)C2=C(C1)C2(C)C. The Labute approximate surface area is 73.2 Å². The van der Waals surface area contributed by atoms with Gasteiger partial charge in [0.15, 0.2) is 5.78 Å². The van der Waals surface area contributed by atoms with Gasteiger partial charge < -0.3 is 0 Å². The first-order valence-corrected chi connectivity index (χ1v) is 4.41. The second-order valence-electron chi connectivity index (χ2n) is 4.39. The minimum absolute atomic E-state index is 0.121. The summed E-state index contributed by atoms with van der Waals surface area (Å²) in [6.07, 6.45) is 1.03. The van der Waals surface area contributed by atoms with Crippen molar-refractivity contribution in [3.8, 4) is 0 Å². The summed E-state index contributed by atoms with van der Waals surface area (Å²) in [7, 11) is 0. The zero-order valence-electron chi connectivity index (χ0n) is 8.12. The topological polar surface area (TPSA) is 17.1 Å². The van der Waals surface area contributed by atoms with Crippen LogP contribution in [0.2, 0.25) is 0 Å². The van der Waals surface area contributed by atoms with Crippen molar-refractivity contribution in [2.75, 3.05) is 0 Å². The molecule has 0 bridgehead atoms. The van der Waals surface area contributed by atoms with Crippen LogP contribution in [-0.4, -0.2) is 5.78 Å². The van der Waals surface area contributed by atoms with E-state index in [1.165, 1.54) is 11.1 Å². The van der Waals surface area contributed by atoms with Crippen LogP contribution in [0.4, 0.5) is 0 Å². The number of carbonyl (C=O) groups is 1. The van der Waals surface area contributed by atoms with Crippen molar-refractivity contribution in [1.29, 1.82) is 0 Å². The minimum Gasteiger partial charge on any atom is -0.289 e. The Hall–Kier alpha value is -0.850. The molecule has 12 heavy (non-hydrogen) atoms. The summed E-state index contributed by atoms with van der Waals surface area (Å²) in [5.41, 5.74) is 4.81. The molecule has 0 atom stereocenters.